The predicted octanol–water partition coefficient (Wildman–Crippen LogP) is 2.12. The van der Waals surface area contributed by atoms with Gasteiger partial charge in [0.15, 0.2) is 0 Å². The molecule has 7 heteroatoms. The van der Waals surface area contributed by atoms with Gasteiger partial charge in [0.05, 0.1) is 11.6 Å². The van der Waals surface area contributed by atoms with Gasteiger partial charge in [-0.2, -0.15) is 5.26 Å². The minimum Gasteiger partial charge on any atom is -0.338 e. The maximum atomic E-state index is 13.0. The van der Waals surface area contributed by atoms with E-state index in [1.807, 2.05) is 13.0 Å². The van der Waals surface area contributed by atoms with Crippen LogP contribution in [0.1, 0.15) is 50.7 Å². The second kappa shape index (κ2) is 7.39. The number of nitrogens with zero attached hydrogens (tertiary/aromatic N) is 3. The third-order valence-corrected chi connectivity index (χ3v) is 5.56. The molecule has 0 spiro atoms. The third kappa shape index (κ3) is 3.39. The monoisotopic (exact) mass is 368 g/mol. The van der Waals surface area contributed by atoms with E-state index in [2.05, 4.69) is 5.32 Å². The Balaban J connectivity index is 1.79. The maximum absolute atomic E-state index is 13.0. The van der Waals surface area contributed by atoms with Crippen LogP contribution in [-0.4, -0.2) is 46.8 Å². The number of hydrogen-bond donors (Lipinski definition) is 1. The van der Waals surface area contributed by atoms with Gasteiger partial charge in [-0.25, -0.2) is 4.79 Å². The topological polar surface area (TPSA) is 93.5 Å². The summed E-state index contributed by atoms with van der Waals surface area (Å²) in [5.74, 6) is -0.666. The van der Waals surface area contributed by atoms with E-state index in [4.69, 9.17) is 5.26 Å². The lowest BCUT2D eigenvalue weighted by molar-refractivity contribution is -0.141. The first-order valence-corrected chi connectivity index (χ1v) is 9.35. The minimum absolute atomic E-state index is 0.172. The Labute approximate surface area is 158 Å². The van der Waals surface area contributed by atoms with E-state index in [-0.39, 0.29) is 18.5 Å². The number of nitriles is 1. The summed E-state index contributed by atoms with van der Waals surface area (Å²) in [7, 11) is 0. The van der Waals surface area contributed by atoms with Gasteiger partial charge in [-0.05, 0) is 50.3 Å². The van der Waals surface area contributed by atoms with Gasteiger partial charge in [0.1, 0.15) is 12.1 Å². The van der Waals surface area contributed by atoms with Crippen molar-refractivity contribution in [3.63, 3.8) is 0 Å². The molecule has 7 nitrogen and oxygen atoms in total. The molecule has 1 aromatic carbocycles. The van der Waals surface area contributed by atoms with Crippen molar-refractivity contribution >= 4 is 17.8 Å². The number of likely N-dealkylation sites (tertiary alicyclic amines) is 1. The third-order valence-electron chi connectivity index (χ3n) is 5.56. The Morgan fingerprint density at radius 3 is 2.85 bits per heavy atom. The van der Waals surface area contributed by atoms with Gasteiger partial charge in [0.25, 0.3) is 5.91 Å². The van der Waals surface area contributed by atoms with Gasteiger partial charge in [0.2, 0.25) is 5.91 Å². The molecule has 1 aromatic rings. The summed E-state index contributed by atoms with van der Waals surface area (Å²) in [6, 6.07) is 8.21. The van der Waals surface area contributed by atoms with Gasteiger partial charge in [-0.3, -0.25) is 14.5 Å². The zero-order valence-corrected chi connectivity index (χ0v) is 15.7. The highest BCUT2D eigenvalue weighted by atomic mass is 16.2. The summed E-state index contributed by atoms with van der Waals surface area (Å²) in [6.45, 7) is 4.06. The molecule has 1 N–H and O–H groups in total. The van der Waals surface area contributed by atoms with Crippen LogP contribution in [0.5, 0.6) is 0 Å². The number of carbonyl (C=O) groups is 3. The van der Waals surface area contributed by atoms with Crippen LogP contribution in [-0.2, 0) is 15.1 Å². The number of amides is 4. The number of hydrogen-bond acceptors (Lipinski definition) is 4. The molecule has 0 unspecified atom stereocenters. The molecule has 2 atom stereocenters. The molecule has 27 heavy (non-hydrogen) atoms. The molecular formula is C20H24N4O3. The normalized spacial score (nSPS) is 25.3. The molecule has 0 aliphatic carbocycles. The lowest BCUT2D eigenvalue weighted by Gasteiger charge is -2.36. The van der Waals surface area contributed by atoms with E-state index in [9.17, 15) is 14.4 Å². The first kappa shape index (κ1) is 18.9. The van der Waals surface area contributed by atoms with Crippen LogP contribution in [0.25, 0.3) is 0 Å². The molecule has 0 bridgehead atoms. The number of urea groups is 1. The summed E-state index contributed by atoms with van der Waals surface area (Å²) in [5.41, 5.74) is -0.348. The Morgan fingerprint density at radius 1 is 1.37 bits per heavy atom. The van der Waals surface area contributed by atoms with Crippen molar-refractivity contribution in [2.45, 2.75) is 51.1 Å². The Hall–Kier alpha value is -2.88. The number of imide groups is 1. The van der Waals surface area contributed by atoms with E-state index in [1.54, 1.807) is 36.1 Å². The van der Waals surface area contributed by atoms with Gasteiger partial charge in [-0.15, -0.1) is 0 Å². The molecule has 2 aliphatic heterocycles. The lowest BCUT2D eigenvalue weighted by atomic mass is 9.91. The summed E-state index contributed by atoms with van der Waals surface area (Å²) in [6.07, 6.45) is 3.87. The lowest BCUT2D eigenvalue weighted by Crippen LogP contribution is -2.49. The van der Waals surface area contributed by atoms with E-state index >= 15 is 0 Å². The summed E-state index contributed by atoms with van der Waals surface area (Å²) >= 11 is 0. The van der Waals surface area contributed by atoms with Crippen molar-refractivity contribution in [2.24, 2.45) is 0 Å². The molecule has 0 aromatic heterocycles. The van der Waals surface area contributed by atoms with Gasteiger partial charge >= 0.3 is 6.03 Å². The number of rotatable bonds is 4. The largest absolute Gasteiger partial charge is 0.338 e. The molecule has 0 radical (unpaired) electrons. The minimum atomic E-state index is -1.28. The van der Waals surface area contributed by atoms with E-state index in [1.165, 1.54) is 0 Å². The van der Waals surface area contributed by atoms with Crippen LogP contribution in [0.15, 0.2) is 24.3 Å². The average Bonchev–Trinajstić information content (AvgIpc) is 2.91. The van der Waals surface area contributed by atoms with Crippen LogP contribution >= 0.6 is 0 Å². The zero-order valence-electron chi connectivity index (χ0n) is 15.7. The highest BCUT2D eigenvalue weighted by Crippen LogP contribution is 2.29. The maximum Gasteiger partial charge on any atom is 0.325 e. The van der Waals surface area contributed by atoms with Crippen molar-refractivity contribution in [2.75, 3.05) is 13.1 Å². The van der Waals surface area contributed by atoms with Crippen molar-refractivity contribution < 1.29 is 14.4 Å². The molecule has 2 aliphatic rings. The average molecular weight is 368 g/mol. The van der Waals surface area contributed by atoms with Crippen molar-refractivity contribution in [3.05, 3.63) is 35.4 Å². The van der Waals surface area contributed by atoms with E-state index in [0.29, 0.717) is 17.7 Å². The van der Waals surface area contributed by atoms with Crippen LogP contribution in [0, 0.1) is 11.3 Å². The standard InChI is InChI=1S/C20H24N4O3/c1-3-16-9-4-5-10-23(16)17(25)13-24-18(26)20(2,22-19(24)27)15-8-6-7-14(11-15)12-21/h6-8,11,16H,3-5,9-10,13H2,1-2H3,(H,22,27)/t16-,20+/m0/s1. The molecule has 2 fully saturated rings. The molecule has 2 saturated heterocycles. The first-order chi connectivity index (χ1) is 12.9. The molecular weight excluding hydrogens is 344 g/mol. The highest BCUT2D eigenvalue weighted by molar-refractivity contribution is 6.09. The number of benzene rings is 1. The van der Waals surface area contributed by atoms with Crippen LogP contribution in [0.3, 0.4) is 0 Å². The van der Waals surface area contributed by atoms with E-state index < -0.39 is 17.5 Å². The fourth-order valence-electron chi connectivity index (χ4n) is 3.92. The highest BCUT2D eigenvalue weighted by Gasteiger charge is 2.50. The Morgan fingerprint density at radius 2 is 2.15 bits per heavy atom. The summed E-state index contributed by atoms with van der Waals surface area (Å²) in [4.78, 5) is 41.0. The second-order valence-corrected chi connectivity index (χ2v) is 7.28. The predicted molar refractivity (Wildman–Crippen MR) is 98.4 cm³/mol. The van der Waals surface area contributed by atoms with Crippen molar-refractivity contribution in [1.29, 1.82) is 5.26 Å². The fraction of sp³-hybridized carbons (Fsp3) is 0.500. The summed E-state index contributed by atoms with van der Waals surface area (Å²) < 4.78 is 0. The number of piperidine rings is 1. The van der Waals surface area contributed by atoms with Gasteiger partial charge in [-0.1, -0.05) is 19.1 Å². The molecule has 0 saturated carbocycles. The van der Waals surface area contributed by atoms with Crippen LogP contribution < -0.4 is 5.32 Å². The van der Waals surface area contributed by atoms with Gasteiger partial charge in [0, 0.05) is 12.6 Å². The van der Waals surface area contributed by atoms with Gasteiger partial charge < -0.3 is 10.2 Å². The smallest absolute Gasteiger partial charge is 0.325 e. The molecule has 2 heterocycles. The molecule has 142 valence electrons. The molecule has 4 amide bonds. The van der Waals surface area contributed by atoms with Crippen LogP contribution in [0.2, 0.25) is 0 Å². The van der Waals surface area contributed by atoms with E-state index in [0.717, 1.165) is 30.6 Å². The van der Waals surface area contributed by atoms with Crippen molar-refractivity contribution in [3.8, 4) is 6.07 Å². The van der Waals surface area contributed by atoms with Crippen LogP contribution in [0.4, 0.5) is 4.79 Å². The summed E-state index contributed by atoms with van der Waals surface area (Å²) in [5, 5.41) is 11.8. The first-order valence-electron chi connectivity index (χ1n) is 9.35. The number of carbonyl (C=O) groups excluding carboxylic acids is 3. The molecule has 3 rings (SSSR count). The Kier molecular flexibility index (Phi) is 5.17. The quantitative estimate of drug-likeness (QED) is 0.824. The SMILES string of the molecule is CC[C@H]1CCCCN1C(=O)CN1C(=O)N[C@](C)(c2cccc(C#N)c2)C1=O. The number of nitrogens with one attached hydrogen (secondary N) is 1. The Bertz CT molecular complexity index is 816. The fourth-order valence-corrected chi connectivity index (χ4v) is 3.92. The zero-order chi connectivity index (χ0) is 19.6. The van der Waals surface area contributed by atoms with Crippen molar-refractivity contribution in [1.82, 2.24) is 15.1 Å². The second-order valence-electron chi connectivity index (χ2n) is 7.28.